The summed E-state index contributed by atoms with van der Waals surface area (Å²) in [5, 5.41) is 0. The minimum absolute atomic E-state index is 0.0252. The number of aromatic nitrogens is 1. The summed E-state index contributed by atoms with van der Waals surface area (Å²) in [5.74, 6) is 1.79. The summed E-state index contributed by atoms with van der Waals surface area (Å²) >= 11 is 0. The Balaban J connectivity index is 1.86. The number of nitrogens with zero attached hydrogens (tertiary/aromatic N) is 3. The van der Waals surface area contributed by atoms with E-state index in [0.29, 0.717) is 6.04 Å². The first-order valence-corrected chi connectivity index (χ1v) is 7.80. The Kier molecular flexibility index (Phi) is 5.41. The average Bonchev–Trinajstić information content (AvgIpc) is 2.86. The third-order valence-electron chi connectivity index (χ3n) is 4.08. The fraction of sp³-hybridized carbons (Fsp3) is 0.812. The molecule has 1 aliphatic rings. The topological polar surface area (TPSA) is 41.7 Å². The maximum absolute atomic E-state index is 5.89. The molecule has 0 radical (unpaired) electrons. The van der Waals surface area contributed by atoms with Crippen LogP contribution in [0.4, 0.5) is 0 Å². The molecule has 5 nitrogen and oxygen atoms in total. The van der Waals surface area contributed by atoms with Gasteiger partial charge in [0.2, 0.25) is 5.89 Å². The van der Waals surface area contributed by atoms with E-state index in [1.54, 1.807) is 7.11 Å². The molecule has 5 heteroatoms. The first kappa shape index (κ1) is 16.5. The van der Waals surface area contributed by atoms with Crippen molar-refractivity contribution in [2.45, 2.75) is 45.7 Å². The van der Waals surface area contributed by atoms with E-state index in [1.165, 1.54) is 0 Å². The third-order valence-corrected chi connectivity index (χ3v) is 4.08. The third kappa shape index (κ3) is 4.53. The molecule has 0 aliphatic carbocycles. The van der Waals surface area contributed by atoms with Crippen LogP contribution in [0.1, 0.15) is 39.3 Å². The lowest BCUT2D eigenvalue weighted by atomic mass is 9.94. The number of oxazole rings is 1. The van der Waals surface area contributed by atoms with Gasteiger partial charge in [-0.3, -0.25) is 9.80 Å². The van der Waals surface area contributed by atoms with Gasteiger partial charge in [0.1, 0.15) is 5.76 Å². The van der Waals surface area contributed by atoms with Crippen LogP contribution in [0.5, 0.6) is 0 Å². The van der Waals surface area contributed by atoms with E-state index in [2.05, 4.69) is 42.5 Å². The standard InChI is InChI=1S/C16H29N3O2/c1-13-11-18(6-7-19(13)8-9-20-5)12-15-17-10-14(21-15)16(2,3)4/h10,13H,6-9,11-12H2,1-5H3. The molecule has 1 aromatic heterocycles. The van der Waals surface area contributed by atoms with Crippen molar-refractivity contribution in [2.24, 2.45) is 0 Å². The van der Waals surface area contributed by atoms with Crippen molar-refractivity contribution in [3.63, 3.8) is 0 Å². The summed E-state index contributed by atoms with van der Waals surface area (Å²) in [6.45, 7) is 14.5. The summed E-state index contributed by atoms with van der Waals surface area (Å²) in [6.07, 6.45) is 1.87. The average molecular weight is 295 g/mol. The molecule has 0 spiro atoms. The summed E-state index contributed by atoms with van der Waals surface area (Å²) in [5.41, 5.74) is 0.0252. The molecule has 1 aliphatic heterocycles. The van der Waals surface area contributed by atoms with Crippen LogP contribution in [0.15, 0.2) is 10.6 Å². The number of hydrogen-bond donors (Lipinski definition) is 0. The number of rotatable bonds is 5. The maximum atomic E-state index is 5.89. The van der Waals surface area contributed by atoms with E-state index in [9.17, 15) is 0 Å². The van der Waals surface area contributed by atoms with Crippen molar-refractivity contribution in [1.82, 2.24) is 14.8 Å². The van der Waals surface area contributed by atoms with Gasteiger partial charge in [0.15, 0.2) is 0 Å². The molecule has 1 atom stereocenters. The highest BCUT2D eigenvalue weighted by molar-refractivity contribution is 5.06. The molecule has 2 heterocycles. The smallest absolute Gasteiger partial charge is 0.208 e. The molecule has 0 bridgehead atoms. The Morgan fingerprint density at radius 2 is 2.14 bits per heavy atom. The van der Waals surface area contributed by atoms with Gasteiger partial charge in [-0.25, -0.2) is 4.98 Å². The van der Waals surface area contributed by atoms with Crippen molar-refractivity contribution >= 4 is 0 Å². The summed E-state index contributed by atoms with van der Waals surface area (Å²) in [6, 6.07) is 0.547. The van der Waals surface area contributed by atoms with Crippen molar-refractivity contribution < 1.29 is 9.15 Å². The van der Waals surface area contributed by atoms with Crippen LogP contribution in [-0.2, 0) is 16.7 Å². The summed E-state index contributed by atoms with van der Waals surface area (Å²) < 4.78 is 11.1. The highest BCUT2D eigenvalue weighted by Gasteiger charge is 2.25. The number of methoxy groups -OCH3 is 1. The Bertz CT molecular complexity index is 439. The van der Waals surface area contributed by atoms with Gasteiger partial charge in [-0.1, -0.05) is 20.8 Å². The number of hydrogen-bond acceptors (Lipinski definition) is 5. The fourth-order valence-corrected chi connectivity index (χ4v) is 2.68. The van der Waals surface area contributed by atoms with Crippen LogP contribution in [0.3, 0.4) is 0 Å². The molecule has 0 saturated carbocycles. The summed E-state index contributed by atoms with van der Waals surface area (Å²) in [4.78, 5) is 9.33. The Morgan fingerprint density at radius 1 is 1.38 bits per heavy atom. The van der Waals surface area contributed by atoms with Crippen molar-refractivity contribution in [3.05, 3.63) is 17.8 Å². The zero-order valence-corrected chi connectivity index (χ0v) is 14.1. The second-order valence-electron chi connectivity index (χ2n) is 6.98. The Hall–Kier alpha value is -0.910. The quantitative estimate of drug-likeness (QED) is 0.832. The molecule has 0 aromatic carbocycles. The SMILES string of the molecule is COCCN1CCN(Cc2ncc(C(C)(C)C)o2)CC1C. The van der Waals surface area contributed by atoms with E-state index in [4.69, 9.17) is 9.15 Å². The zero-order valence-electron chi connectivity index (χ0n) is 14.1. The van der Waals surface area contributed by atoms with E-state index in [0.717, 1.165) is 51.0 Å². The largest absolute Gasteiger partial charge is 0.444 e. The molecule has 1 saturated heterocycles. The van der Waals surface area contributed by atoms with Crippen molar-refractivity contribution in [2.75, 3.05) is 39.9 Å². The molecule has 2 rings (SSSR count). The first-order chi connectivity index (χ1) is 9.90. The van der Waals surface area contributed by atoms with Crippen LogP contribution in [0.2, 0.25) is 0 Å². The van der Waals surface area contributed by atoms with Crippen molar-refractivity contribution in [1.29, 1.82) is 0 Å². The minimum atomic E-state index is 0.0252. The lowest BCUT2D eigenvalue weighted by Gasteiger charge is -2.39. The number of ether oxygens (including phenoxy) is 1. The van der Waals surface area contributed by atoms with Gasteiger partial charge < -0.3 is 9.15 Å². The monoisotopic (exact) mass is 295 g/mol. The van der Waals surface area contributed by atoms with Gasteiger partial charge in [-0.15, -0.1) is 0 Å². The molecule has 1 unspecified atom stereocenters. The molecule has 0 amide bonds. The van der Waals surface area contributed by atoms with E-state index < -0.39 is 0 Å². The predicted octanol–water partition coefficient (Wildman–Crippen LogP) is 2.12. The Morgan fingerprint density at radius 3 is 2.71 bits per heavy atom. The second-order valence-corrected chi connectivity index (χ2v) is 6.98. The predicted molar refractivity (Wildman–Crippen MR) is 83.4 cm³/mol. The molecule has 0 N–H and O–H groups in total. The van der Waals surface area contributed by atoms with Crippen molar-refractivity contribution in [3.8, 4) is 0 Å². The minimum Gasteiger partial charge on any atom is -0.444 e. The fourth-order valence-electron chi connectivity index (χ4n) is 2.68. The second kappa shape index (κ2) is 6.90. The molecular formula is C16H29N3O2. The summed E-state index contributed by atoms with van der Waals surface area (Å²) in [7, 11) is 1.76. The molecule has 120 valence electrons. The number of piperazine rings is 1. The van der Waals surface area contributed by atoms with Gasteiger partial charge in [-0.05, 0) is 6.92 Å². The van der Waals surface area contributed by atoms with E-state index in [-0.39, 0.29) is 5.41 Å². The lowest BCUT2D eigenvalue weighted by molar-refractivity contribution is 0.0518. The van der Waals surface area contributed by atoms with Crippen LogP contribution >= 0.6 is 0 Å². The molecule has 1 aromatic rings. The first-order valence-electron chi connectivity index (χ1n) is 7.80. The maximum Gasteiger partial charge on any atom is 0.208 e. The van der Waals surface area contributed by atoms with Crippen LogP contribution in [-0.4, -0.2) is 60.7 Å². The lowest BCUT2D eigenvalue weighted by Crippen LogP contribution is -2.52. The normalized spacial score (nSPS) is 21.9. The highest BCUT2D eigenvalue weighted by Crippen LogP contribution is 2.23. The van der Waals surface area contributed by atoms with Gasteiger partial charge in [0.05, 0.1) is 19.3 Å². The Labute approximate surface area is 128 Å². The van der Waals surface area contributed by atoms with Gasteiger partial charge >= 0.3 is 0 Å². The van der Waals surface area contributed by atoms with Gasteiger partial charge in [0, 0.05) is 44.7 Å². The van der Waals surface area contributed by atoms with Crippen LogP contribution < -0.4 is 0 Å². The highest BCUT2D eigenvalue weighted by atomic mass is 16.5. The van der Waals surface area contributed by atoms with E-state index in [1.807, 2.05) is 6.20 Å². The van der Waals surface area contributed by atoms with Crippen LogP contribution in [0, 0.1) is 0 Å². The zero-order chi connectivity index (χ0) is 15.5. The molecular weight excluding hydrogens is 266 g/mol. The van der Waals surface area contributed by atoms with Gasteiger partial charge in [0.25, 0.3) is 0 Å². The van der Waals surface area contributed by atoms with Crippen LogP contribution in [0.25, 0.3) is 0 Å². The molecule has 21 heavy (non-hydrogen) atoms. The molecule has 1 fully saturated rings. The van der Waals surface area contributed by atoms with Gasteiger partial charge in [-0.2, -0.15) is 0 Å². The van der Waals surface area contributed by atoms with E-state index >= 15 is 0 Å².